The van der Waals surface area contributed by atoms with Crippen LogP contribution in [0.25, 0.3) is 11.3 Å². The Hall–Kier alpha value is -2.64. The highest BCUT2D eigenvalue weighted by Crippen LogP contribution is 2.22. The number of furan rings is 1. The second-order valence-corrected chi connectivity index (χ2v) is 7.28. The van der Waals surface area contributed by atoms with E-state index in [4.69, 9.17) is 9.15 Å². The van der Waals surface area contributed by atoms with Gasteiger partial charge in [0.05, 0.1) is 18.3 Å². The molecule has 0 fully saturated rings. The molecular formula is C18H18N2O4S. The molecule has 0 spiro atoms. The summed E-state index contributed by atoms with van der Waals surface area (Å²) in [6.07, 6.45) is 4.87. The molecule has 0 unspecified atom stereocenters. The Bertz CT molecular complexity index is 967. The average molecular weight is 358 g/mol. The lowest BCUT2D eigenvalue weighted by Crippen LogP contribution is -2.23. The van der Waals surface area contributed by atoms with Crippen molar-refractivity contribution in [2.45, 2.75) is 18.4 Å². The Balaban J connectivity index is 1.76. The maximum Gasteiger partial charge on any atom is 0.240 e. The van der Waals surface area contributed by atoms with Gasteiger partial charge in [-0.25, -0.2) is 13.1 Å². The van der Waals surface area contributed by atoms with Crippen molar-refractivity contribution in [2.75, 3.05) is 7.11 Å². The molecule has 1 N–H and O–H groups in total. The highest BCUT2D eigenvalue weighted by Gasteiger charge is 2.15. The topological polar surface area (TPSA) is 81.4 Å². The first-order chi connectivity index (χ1) is 12.0. The third-order valence-corrected chi connectivity index (χ3v) is 5.14. The van der Waals surface area contributed by atoms with E-state index < -0.39 is 10.0 Å². The van der Waals surface area contributed by atoms with E-state index in [-0.39, 0.29) is 11.4 Å². The van der Waals surface area contributed by atoms with Crippen molar-refractivity contribution in [3.8, 4) is 17.1 Å². The van der Waals surface area contributed by atoms with Crippen molar-refractivity contribution in [2.24, 2.45) is 0 Å². The first kappa shape index (κ1) is 17.2. The van der Waals surface area contributed by atoms with Crippen molar-refractivity contribution >= 4 is 10.0 Å². The summed E-state index contributed by atoms with van der Waals surface area (Å²) in [7, 11) is -2.08. The fourth-order valence-electron chi connectivity index (χ4n) is 2.44. The monoisotopic (exact) mass is 358 g/mol. The van der Waals surface area contributed by atoms with Crippen molar-refractivity contribution < 1.29 is 17.6 Å². The quantitative estimate of drug-likeness (QED) is 0.732. The van der Waals surface area contributed by atoms with E-state index in [0.29, 0.717) is 11.5 Å². The Morgan fingerprint density at radius 2 is 2.04 bits per heavy atom. The van der Waals surface area contributed by atoms with Gasteiger partial charge >= 0.3 is 0 Å². The van der Waals surface area contributed by atoms with Crippen molar-refractivity contribution in [3.05, 3.63) is 66.2 Å². The van der Waals surface area contributed by atoms with Gasteiger partial charge in [0.2, 0.25) is 10.0 Å². The number of sulfonamides is 1. The molecule has 3 rings (SSSR count). The van der Waals surface area contributed by atoms with E-state index in [9.17, 15) is 8.42 Å². The number of pyridine rings is 1. The number of hydrogen-bond acceptors (Lipinski definition) is 5. The van der Waals surface area contributed by atoms with Crippen LogP contribution in [0.15, 0.2) is 64.4 Å². The second kappa shape index (κ2) is 7.08. The number of ether oxygens (including phenoxy) is 1. The Labute approximate surface area is 146 Å². The summed E-state index contributed by atoms with van der Waals surface area (Å²) in [5.74, 6) is 1.33. The molecule has 0 saturated carbocycles. The van der Waals surface area contributed by atoms with E-state index in [2.05, 4.69) is 9.71 Å². The molecular weight excluding hydrogens is 340 g/mol. The van der Waals surface area contributed by atoms with Gasteiger partial charge in [0.25, 0.3) is 0 Å². The lowest BCUT2D eigenvalue weighted by Gasteiger charge is -2.10. The first-order valence-corrected chi connectivity index (χ1v) is 9.10. The summed E-state index contributed by atoms with van der Waals surface area (Å²) < 4.78 is 38.0. The zero-order chi connectivity index (χ0) is 17.9. The molecule has 0 bridgehead atoms. The second-order valence-electron chi connectivity index (χ2n) is 5.52. The molecule has 7 heteroatoms. The fraction of sp³-hybridized carbons (Fsp3) is 0.167. The Morgan fingerprint density at radius 1 is 1.20 bits per heavy atom. The molecule has 1 aromatic carbocycles. The maximum atomic E-state index is 12.5. The van der Waals surface area contributed by atoms with Crippen LogP contribution >= 0.6 is 0 Å². The van der Waals surface area contributed by atoms with Crippen LogP contribution < -0.4 is 9.46 Å². The molecule has 130 valence electrons. The largest absolute Gasteiger partial charge is 0.496 e. The Morgan fingerprint density at radius 3 is 2.72 bits per heavy atom. The van der Waals surface area contributed by atoms with Crippen LogP contribution in [0.5, 0.6) is 5.75 Å². The number of aryl methyl sites for hydroxylation is 1. The van der Waals surface area contributed by atoms with Gasteiger partial charge in [0, 0.05) is 24.5 Å². The van der Waals surface area contributed by atoms with Crippen LogP contribution in [-0.4, -0.2) is 20.5 Å². The number of aromatic nitrogens is 1. The SMILES string of the molecule is COc1ccc(S(=O)(=O)NCc2cncc(-c3ccco3)c2)cc1C. The van der Waals surface area contributed by atoms with Gasteiger partial charge in [0.1, 0.15) is 11.5 Å². The molecule has 0 aliphatic rings. The standard InChI is InChI=1S/C18H18N2O4S/c1-13-8-16(5-6-17(13)23-2)25(21,22)20-11-14-9-15(12-19-10-14)18-4-3-7-24-18/h3-10,12,20H,11H2,1-2H3. The summed E-state index contributed by atoms with van der Waals surface area (Å²) in [4.78, 5) is 4.33. The van der Waals surface area contributed by atoms with Crippen LogP contribution in [0, 0.1) is 6.92 Å². The van der Waals surface area contributed by atoms with E-state index in [0.717, 1.165) is 16.7 Å². The number of benzene rings is 1. The molecule has 2 heterocycles. The van der Waals surface area contributed by atoms with Gasteiger partial charge in [-0.2, -0.15) is 0 Å². The zero-order valence-electron chi connectivity index (χ0n) is 13.9. The molecule has 3 aromatic rings. The molecule has 2 aromatic heterocycles. The van der Waals surface area contributed by atoms with Gasteiger partial charge in [-0.05, 0) is 54.4 Å². The number of nitrogens with zero attached hydrogens (tertiary/aromatic N) is 1. The van der Waals surface area contributed by atoms with Crippen LogP contribution in [0.2, 0.25) is 0 Å². The van der Waals surface area contributed by atoms with Gasteiger partial charge in [-0.1, -0.05) is 0 Å². The minimum Gasteiger partial charge on any atom is -0.496 e. The number of nitrogens with one attached hydrogen (secondary N) is 1. The van der Waals surface area contributed by atoms with E-state index in [1.54, 1.807) is 50.9 Å². The third kappa shape index (κ3) is 3.89. The molecule has 0 aliphatic carbocycles. The minimum absolute atomic E-state index is 0.134. The van der Waals surface area contributed by atoms with E-state index in [1.807, 2.05) is 12.1 Å². The van der Waals surface area contributed by atoms with Crippen molar-refractivity contribution in [3.63, 3.8) is 0 Å². The average Bonchev–Trinajstić information content (AvgIpc) is 3.15. The highest BCUT2D eigenvalue weighted by atomic mass is 32.2. The predicted octanol–water partition coefficient (Wildman–Crippen LogP) is 3.14. The van der Waals surface area contributed by atoms with Gasteiger partial charge in [-0.15, -0.1) is 0 Å². The molecule has 6 nitrogen and oxygen atoms in total. The van der Waals surface area contributed by atoms with E-state index in [1.165, 1.54) is 6.07 Å². The van der Waals surface area contributed by atoms with Crippen LogP contribution in [0.1, 0.15) is 11.1 Å². The van der Waals surface area contributed by atoms with Gasteiger partial charge < -0.3 is 9.15 Å². The van der Waals surface area contributed by atoms with Crippen molar-refractivity contribution in [1.82, 2.24) is 9.71 Å². The molecule has 0 saturated heterocycles. The summed E-state index contributed by atoms with van der Waals surface area (Å²) in [5, 5.41) is 0. The minimum atomic E-state index is -3.63. The number of hydrogen-bond donors (Lipinski definition) is 1. The molecule has 25 heavy (non-hydrogen) atoms. The third-order valence-electron chi connectivity index (χ3n) is 3.74. The van der Waals surface area contributed by atoms with Crippen molar-refractivity contribution in [1.29, 1.82) is 0 Å². The molecule has 0 atom stereocenters. The van der Waals surface area contributed by atoms with E-state index >= 15 is 0 Å². The maximum absolute atomic E-state index is 12.5. The summed E-state index contributed by atoms with van der Waals surface area (Å²) in [6, 6.07) is 10.2. The molecule has 0 radical (unpaired) electrons. The summed E-state index contributed by atoms with van der Waals surface area (Å²) in [5.41, 5.74) is 2.29. The number of methoxy groups -OCH3 is 1. The lowest BCUT2D eigenvalue weighted by molar-refractivity contribution is 0.411. The predicted molar refractivity (Wildman–Crippen MR) is 93.7 cm³/mol. The van der Waals surface area contributed by atoms with Crippen LogP contribution in [0.3, 0.4) is 0 Å². The Kier molecular flexibility index (Phi) is 4.87. The normalized spacial score (nSPS) is 11.4. The summed E-state index contributed by atoms with van der Waals surface area (Å²) >= 11 is 0. The van der Waals surface area contributed by atoms with Gasteiger partial charge in [-0.3, -0.25) is 4.98 Å². The first-order valence-electron chi connectivity index (χ1n) is 7.62. The number of rotatable bonds is 6. The lowest BCUT2D eigenvalue weighted by atomic mass is 10.2. The highest BCUT2D eigenvalue weighted by molar-refractivity contribution is 7.89. The summed E-state index contributed by atoms with van der Waals surface area (Å²) in [6.45, 7) is 1.93. The van der Waals surface area contributed by atoms with Gasteiger partial charge in [0.15, 0.2) is 0 Å². The smallest absolute Gasteiger partial charge is 0.240 e. The molecule has 0 aliphatic heterocycles. The van der Waals surface area contributed by atoms with Crippen LogP contribution in [-0.2, 0) is 16.6 Å². The molecule has 0 amide bonds. The zero-order valence-corrected chi connectivity index (χ0v) is 14.7. The fourth-order valence-corrected chi connectivity index (χ4v) is 3.54. The van der Waals surface area contributed by atoms with Crippen LogP contribution in [0.4, 0.5) is 0 Å².